The molecule has 1 aromatic carbocycles. The second-order valence-corrected chi connectivity index (χ2v) is 7.36. The average molecular weight is 359 g/mol. The van der Waals surface area contributed by atoms with E-state index in [-0.39, 0.29) is 29.7 Å². The minimum atomic E-state index is -3.89. The molecule has 0 fully saturated rings. The van der Waals surface area contributed by atoms with Gasteiger partial charge in [0.2, 0.25) is 10.0 Å². The second-order valence-electron chi connectivity index (χ2n) is 5.42. The number of carbonyl (C=O) groups is 2. The largest absolute Gasteiger partial charge is 0.482 e. The molecule has 9 heteroatoms. The number of nitrogens with zero attached hydrogens (tertiary/aromatic N) is 1. The highest BCUT2D eigenvalue weighted by molar-refractivity contribution is 7.89. The van der Waals surface area contributed by atoms with Crippen LogP contribution < -0.4 is 4.74 Å². The molecule has 0 bridgehead atoms. The van der Waals surface area contributed by atoms with Crippen LogP contribution in [0, 0.1) is 5.92 Å². The Morgan fingerprint density at radius 2 is 1.79 bits per heavy atom. The van der Waals surface area contributed by atoms with Crippen LogP contribution in [0.25, 0.3) is 0 Å². The number of carbonyl (C=O) groups excluding carboxylic acids is 1. The van der Waals surface area contributed by atoms with Gasteiger partial charge in [-0.1, -0.05) is 13.8 Å². The first-order valence-electron chi connectivity index (χ1n) is 7.18. The van der Waals surface area contributed by atoms with Crippen LogP contribution in [0.4, 0.5) is 0 Å². The number of carboxylic acids is 1. The number of carboxylic acid groups (broad SMARTS) is 1. The molecule has 0 unspecified atom stereocenters. The standard InChI is InChI=1S/C15H21NO7S/c1-11(2)8-16(9-15(19)22-3)24(20,21)13-6-4-12(5-7-13)23-10-14(17)18/h4-7,11H,8-10H2,1-3H3,(H,17,18). The highest BCUT2D eigenvalue weighted by Gasteiger charge is 2.27. The normalized spacial score (nSPS) is 11.5. The summed E-state index contributed by atoms with van der Waals surface area (Å²) in [4.78, 5) is 21.9. The maximum atomic E-state index is 12.7. The molecule has 0 spiro atoms. The van der Waals surface area contributed by atoms with Gasteiger partial charge in [0.15, 0.2) is 6.61 Å². The van der Waals surface area contributed by atoms with E-state index >= 15 is 0 Å². The van der Waals surface area contributed by atoms with E-state index in [4.69, 9.17) is 9.84 Å². The monoisotopic (exact) mass is 359 g/mol. The fraction of sp³-hybridized carbons (Fsp3) is 0.467. The Morgan fingerprint density at radius 3 is 2.25 bits per heavy atom. The predicted octanol–water partition coefficient (Wildman–Crippen LogP) is 0.970. The van der Waals surface area contributed by atoms with Gasteiger partial charge in [-0.05, 0) is 30.2 Å². The Morgan fingerprint density at radius 1 is 1.21 bits per heavy atom. The SMILES string of the molecule is COC(=O)CN(CC(C)C)S(=O)(=O)c1ccc(OCC(=O)O)cc1. The van der Waals surface area contributed by atoms with Crippen molar-refractivity contribution in [2.75, 3.05) is 26.8 Å². The fourth-order valence-corrected chi connectivity index (χ4v) is 3.41. The molecule has 8 nitrogen and oxygen atoms in total. The van der Waals surface area contributed by atoms with Gasteiger partial charge in [-0.25, -0.2) is 13.2 Å². The summed E-state index contributed by atoms with van der Waals surface area (Å²) < 4.78 is 35.9. The van der Waals surface area contributed by atoms with Crippen LogP contribution in [0.15, 0.2) is 29.2 Å². The van der Waals surface area contributed by atoms with E-state index in [0.717, 1.165) is 4.31 Å². The van der Waals surface area contributed by atoms with Crippen molar-refractivity contribution in [1.29, 1.82) is 0 Å². The third-order valence-corrected chi connectivity index (χ3v) is 4.75. The van der Waals surface area contributed by atoms with Gasteiger partial charge in [-0.15, -0.1) is 0 Å². The lowest BCUT2D eigenvalue weighted by Gasteiger charge is -2.22. The summed E-state index contributed by atoms with van der Waals surface area (Å²) >= 11 is 0. The third kappa shape index (κ3) is 5.82. The number of methoxy groups -OCH3 is 1. The number of hydrogen-bond donors (Lipinski definition) is 1. The van der Waals surface area contributed by atoms with Crippen molar-refractivity contribution in [2.45, 2.75) is 18.7 Å². The van der Waals surface area contributed by atoms with Crippen molar-refractivity contribution >= 4 is 22.0 Å². The Kier molecular flexibility index (Phi) is 7.18. The van der Waals surface area contributed by atoms with Crippen LogP contribution in [-0.2, 0) is 24.3 Å². The first-order valence-corrected chi connectivity index (χ1v) is 8.62. The van der Waals surface area contributed by atoms with Gasteiger partial charge < -0.3 is 14.6 Å². The molecule has 0 aliphatic heterocycles. The van der Waals surface area contributed by atoms with E-state index in [2.05, 4.69) is 4.74 Å². The number of ether oxygens (including phenoxy) is 2. The predicted molar refractivity (Wildman–Crippen MR) is 85.2 cm³/mol. The number of hydrogen-bond acceptors (Lipinski definition) is 6. The van der Waals surface area contributed by atoms with Crippen LogP contribution in [0.1, 0.15) is 13.8 Å². The van der Waals surface area contributed by atoms with E-state index in [0.29, 0.717) is 0 Å². The van der Waals surface area contributed by atoms with Gasteiger partial charge in [0.25, 0.3) is 0 Å². The highest BCUT2D eigenvalue weighted by Crippen LogP contribution is 2.20. The summed E-state index contributed by atoms with van der Waals surface area (Å²) in [7, 11) is -2.70. The first-order chi connectivity index (χ1) is 11.2. The summed E-state index contributed by atoms with van der Waals surface area (Å²) in [5.41, 5.74) is 0. The topological polar surface area (TPSA) is 110 Å². The number of benzene rings is 1. The molecule has 0 atom stereocenters. The number of esters is 1. The Labute approximate surface area is 141 Å². The summed E-state index contributed by atoms with van der Waals surface area (Å²) in [6.45, 7) is 2.93. The average Bonchev–Trinajstić information content (AvgIpc) is 2.52. The van der Waals surface area contributed by atoms with E-state index < -0.39 is 28.6 Å². The highest BCUT2D eigenvalue weighted by atomic mass is 32.2. The summed E-state index contributed by atoms with van der Waals surface area (Å²) in [5, 5.41) is 8.55. The van der Waals surface area contributed by atoms with Crippen LogP contribution in [0.3, 0.4) is 0 Å². The van der Waals surface area contributed by atoms with Gasteiger partial charge >= 0.3 is 11.9 Å². The molecule has 1 N–H and O–H groups in total. The Balaban J connectivity index is 3.00. The molecule has 1 rings (SSSR count). The fourth-order valence-electron chi connectivity index (χ4n) is 1.87. The van der Waals surface area contributed by atoms with E-state index in [1.165, 1.54) is 31.4 Å². The number of aliphatic carboxylic acids is 1. The minimum Gasteiger partial charge on any atom is -0.482 e. The van der Waals surface area contributed by atoms with Crippen molar-refractivity contribution < 1.29 is 32.6 Å². The molecule has 24 heavy (non-hydrogen) atoms. The molecule has 1 aromatic rings. The van der Waals surface area contributed by atoms with E-state index in [1.807, 2.05) is 13.8 Å². The molecular weight excluding hydrogens is 338 g/mol. The number of sulfonamides is 1. The van der Waals surface area contributed by atoms with Gasteiger partial charge in [0.1, 0.15) is 12.3 Å². The summed E-state index contributed by atoms with van der Waals surface area (Å²) in [5.74, 6) is -1.53. The molecule has 134 valence electrons. The molecule has 0 saturated heterocycles. The van der Waals surface area contributed by atoms with Crippen molar-refractivity contribution in [3.63, 3.8) is 0 Å². The zero-order valence-corrected chi connectivity index (χ0v) is 14.6. The summed E-state index contributed by atoms with van der Waals surface area (Å²) in [6.07, 6.45) is 0. The first kappa shape index (κ1) is 19.9. The third-order valence-electron chi connectivity index (χ3n) is 2.93. The van der Waals surface area contributed by atoms with Crippen molar-refractivity contribution in [3.8, 4) is 5.75 Å². The quantitative estimate of drug-likeness (QED) is 0.654. The minimum absolute atomic E-state index is 0.0163. The molecule has 0 aliphatic carbocycles. The smallest absolute Gasteiger partial charge is 0.341 e. The molecule has 0 saturated carbocycles. The molecular formula is C15H21NO7S. The van der Waals surface area contributed by atoms with Crippen LogP contribution >= 0.6 is 0 Å². The van der Waals surface area contributed by atoms with Crippen molar-refractivity contribution in [2.24, 2.45) is 5.92 Å². The lowest BCUT2D eigenvalue weighted by Crippen LogP contribution is -2.38. The zero-order chi connectivity index (χ0) is 18.3. The number of rotatable bonds is 9. The van der Waals surface area contributed by atoms with Crippen molar-refractivity contribution in [3.05, 3.63) is 24.3 Å². The second kappa shape index (κ2) is 8.65. The van der Waals surface area contributed by atoms with Gasteiger partial charge in [0.05, 0.1) is 12.0 Å². The van der Waals surface area contributed by atoms with E-state index in [9.17, 15) is 18.0 Å². The molecule has 0 aliphatic rings. The van der Waals surface area contributed by atoms with Crippen molar-refractivity contribution in [1.82, 2.24) is 4.31 Å². The zero-order valence-electron chi connectivity index (χ0n) is 13.8. The van der Waals surface area contributed by atoms with Gasteiger partial charge in [0, 0.05) is 6.54 Å². The molecule has 0 amide bonds. The van der Waals surface area contributed by atoms with Gasteiger partial charge in [-0.3, -0.25) is 4.79 Å². The summed E-state index contributed by atoms with van der Waals surface area (Å²) in [6, 6.07) is 5.33. The lowest BCUT2D eigenvalue weighted by molar-refractivity contribution is -0.141. The maximum absolute atomic E-state index is 12.7. The lowest BCUT2D eigenvalue weighted by atomic mass is 10.2. The maximum Gasteiger partial charge on any atom is 0.341 e. The molecule has 0 aromatic heterocycles. The molecule has 0 radical (unpaired) electrons. The van der Waals surface area contributed by atoms with Crippen LogP contribution in [0.5, 0.6) is 5.75 Å². The van der Waals surface area contributed by atoms with Crippen LogP contribution in [0.2, 0.25) is 0 Å². The molecule has 0 heterocycles. The van der Waals surface area contributed by atoms with Gasteiger partial charge in [-0.2, -0.15) is 4.31 Å². The Hall–Kier alpha value is -2.13. The van der Waals surface area contributed by atoms with Crippen LogP contribution in [-0.4, -0.2) is 56.6 Å². The Bertz CT molecular complexity index is 668. The van der Waals surface area contributed by atoms with E-state index in [1.54, 1.807) is 0 Å².